The van der Waals surface area contributed by atoms with Crippen LogP contribution in [0.5, 0.6) is 0 Å². The van der Waals surface area contributed by atoms with Gasteiger partial charge in [-0.05, 0) is 68.7 Å². The molecule has 0 unspecified atom stereocenters. The first-order valence-electron chi connectivity index (χ1n) is 10.6. The number of piperidine rings is 1. The fourth-order valence-electron chi connectivity index (χ4n) is 3.83. The maximum Gasteiger partial charge on any atom is 0.274 e. The second-order valence-electron chi connectivity index (χ2n) is 7.93. The van der Waals surface area contributed by atoms with Crippen molar-refractivity contribution in [2.45, 2.75) is 26.2 Å². The van der Waals surface area contributed by atoms with E-state index in [1.807, 2.05) is 11.8 Å². The number of nitrogens with one attached hydrogen (secondary N) is 2. The summed E-state index contributed by atoms with van der Waals surface area (Å²) < 4.78 is 1.53. The number of benzene rings is 2. The molecule has 164 valence electrons. The minimum absolute atomic E-state index is 0.0293. The van der Waals surface area contributed by atoms with Gasteiger partial charge in [-0.2, -0.15) is 5.10 Å². The van der Waals surface area contributed by atoms with Crippen LogP contribution < -0.4 is 11.1 Å². The van der Waals surface area contributed by atoms with Gasteiger partial charge in [0.15, 0.2) is 0 Å². The van der Waals surface area contributed by atoms with Gasteiger partial charge in [0.25, 0.3) is 11.8 Å². The summed E-state index contributed by atoms with van der Waals surface area (Å²) in [5.74, 6) is -0.350. The van der Waals surface area contributed by atoms with E-state index in [4.69, 9.17) is 11.1 Å². The van der Waals surface area contributed by atoms with Gasteiger partial charge < -0.3 is 16.0 Å². The summed E-state index contributed by atoms with van der Waals surface area (Å²) in [6, 6.07) is 15.7. The zero-order valence-electron chi connectivity index (χ0n) is 18.0. The van der Waals surface area contributed by atoms with Gasteiger partial charge in [0.2, 0.25) is 0 Å². The molecule has 1 aromatic heterocycles. The van der Waals surface area contributed by atoms with E-state index in [-0.39, 0.29) is 17.6 Å². The number of carbonyl (C=O) groups excluding carboxylic acids is 2. The normalized spacial score (nSPS) is 13.6. The Kier molecular flexibility index (Phi) is 6.02. The first-order valence-corrected chi connectivity index (χ1v) is 10.6. The molecule has 8 heteroatoms. The Balaban J connectivity index is 1.52. The van der Waals surface area contributed by atoms with Crippen molar-refractivity contribution < 1.29 is 9.59 Å². The second kappa shape index (κ2) is 9.05. The maximum atomic E-state index is 13.0. The molecule has 8 nitrogen and oxygen atoms in total. The Bertz CT molecular complexity index is 1160. The number of hydrogen-bond acceptors (Lipinski definition) is 4. The number of nitrogens with zero attached hydrogens (tertiary/aromatic N) is 3. The molecule has 32 heavy (non-hydrogen) atoms. The number of amides is 2. The molecule has 0 radical (unpaired) electrons. The highest BCUT2D eigenvalue weighted by molar-refractivity contribution is 6.04. The average molecular weight is 431 g/mol. The van der Waals surface area contributed by atoms with Crippen molar-refractivity contribution in [3.63, 3.8) is 0 Å². The summed E-state index contributed by atoms with van der Waals surface area (Å²) >= 11 is 0. The summed E-state index contributed by atoms with van der Waals surface area (Å²) in [5.41, 5.74) is 9.04. The maximum absolute atomic E-state index is 13.0. The molecule has 0 aliphatic carbocycles. The molecule has 1 aliphatic rings. The Morgan fingerprint density at radius 1 is 1.00 bits per heavy atom. The van der Waals surface area contributed by atoms with Crippen LogP contribution >= 0.6 is 0 Å². The fraction of sp³-hybridized carbons (Fsp3) is 0.250. The highest BCUT2D eigenvalue weighted by Gasteiger charge is 2.19. The van der Waals surface area contributed by atoms with Gasteiger partial charge in [0, 0.05) is 29.9 Å². The number of aryl methyl sites for hydroxylation is 1. The summed E-state index contributed by atoms with van der Waals surface area (Å²) in [4.78, 5) is 27.5. The minimum atomic E-state index is -0.325. The number of nitrogen functional groups attached to an aromatic ring is 1. The molecule has 0 saturated carbocycles. The van der Waals surface area contributed by atoms with Gasteiger partial charge in [-0.25, -0.2) is 4.68 Å². The Hall–Kier alpha value is -3.94. The average Bonchev–Trinajstić information content (AvgIpc) is 3.21. The number of anilines is 1. The lowest BCUT2D eigenvalue weighted by Crippen LogP contribution is -2.35. The molecule has 1 aliphatic heterocycles. The van der Waals surface area contributed by atoms with Crippen LogP contribution in [0, 0.1) is 12.3 Å². The summed E-state index contributed by atoms with van der Waals surface area (Å²) in [6.45, 7) is 3.40. The van der Waals surface area contributed by atoms with Crippen molar-refractivity contribution in [2.75, 3.05) is 18.4 Å². The van der Waals surface area contributed by atoms with Crippen molar-refractivity contribution in [3.05, 3.63) is 77.1 Å². The molecule has 0 atom stereocenters. The number of aromatic nitrogens is 2. The molecular weight excluding hydrogens is 404 g/mol. The Morgan fingerprint density at radius 2 is 1.72 bits per heavy atom. The number of amidine groups is 1. The first-order chi connectivity index (χ1) is 15.4. The van der Waals surface area contributed by atoms with Gasteiger partial charge in [-0.3, -0.25) is 15.0 Å². The number of likely N-dealkylation sites (tertiary alicyclic amines) is 1. The van der Waals surface area contributed by atoms with Crippen molar-refractivity contribution in [2.24, 2.45) is 5.73 Å². The van der Waals surface area contributed by atoms with Crippen LogP contribution in [0.1, 0.15) is 51.4 Å². The van der Waals surface area contributed by atoms with E-state index in [0.717, 1.165) is 25.9 Å². The highest BCUT2D eigenvalue weighted by atomic mass is 16.2. The number of nitrogens with two attached hydrogens (primary N) is 1. The van der Waals surface area contributed by atoms with Crippen molar-refractivity contribution >= 4 is 23.3 Å². The molecule has 2 amide bonds. The zero-order valence-corrected chi connectivity index (χ0v) is 18.0. The highest BCUT2D eigenvalue weighted by Crippen LogP contribution is 2.18. The van der Waals surface area contributed by atoms with Crippen LogP contribution in [0.15, 0.2) is 54.6 Å². The quantitative estimate of drug-likeness (QED) is 0.425. The molecule has 1 saturated heterocycles. The molecule has 1 fully saturated rings. The van der Waals surface area contributed by atoms with E-state index >= 15 is 0 Å². The first kappa shape index (κ1) is 21.3. The molecule has 4 N–H and O–H groups in total. The van der Waals surface area contributed by atoms with Crippen LogP contribution in [0.25, 0.3) is 5.69 Å². The lowest BCUT2D eigenvalue weighted by molar-refractivity contribution is 0.0724. The van der Waals surface area contributed by atoms with Crippen molar-refractivity contribution in [3.8, 4) is 5.69 Å². The summed E-state index contributed by atoms with van der Waals surface area (Å²) in [7, 11) is 0. The molecule has 3 aromatic rings. The third-order valence-electron chi connectivity index (χ3n) is 5.50. The number of hydrogen-bond donors (Lipinski definition) is 3. The van der Waals surface area contributed by atoms with E-state index < -0.39 is 0 Å². The van der Waals surface area contributed by atoms with Crippen LogP contribution in [0.4, 0.5) is 5.69 Å². The molecule has 0 spiro atoms. The van der Waals surface area contributed by atoms with Crippen LogP contribution in [0.3, 0.4) is 0 Å². The molecular formula is C24H26N6O2. The Morgan fingerprint density at radius 3 is 2.41 bits per heavy atom. The number of carbonyl (C=O) groups is 2. The summed E-state index contributed by atoms with van der Waals surface area (Å²) in [5, 5.41) is 14.9. The largest absolute Gasteiger partial charge is 0.384 e. The van der Waals surface area contributed by atoms with Gasteiger partial charge in [0.05, 0.1) is 11.4 Å². The topological polar surface area (TPSA) is 117 Å². The van der Waals surface area contributed by atoms with Crippen LogP contribution in [-0.4, -0.2) is 45.4 Å². The van der Waals surface area contributed by atoms with Gasteiger partial charge in [0.1, 0.15) is 11.5 Å². The standard InChI is InChI=1S/C24H26N6O2/c1-16-14-21(30(28-16)20-7-5-6-18(15-20)22(25)26)23(31)27-19-10-8-17(9-11-19)24(32)29-12-3-2-4-13-29/h5-11,14-15H,2-4,12-13H2,1H3,(H3,25,26)(H,27,31). The zero-order chi connectivity index (χ0) is 22.7. The van der Waals surface area contributed by atoms with E-state index in [2.05, 4.69) is 10.4 Å². The van der Waals surface area contributed by atoms with Crippen molar-refractivity contribution in [1.82, 2.24) is 14.7 Å². The van der Waals surface area contributed by atoms with Crippen LogP contribution in [0.2, 0.25) is 0 Å². The van der Waals surface area contributed by atoms with Crippen molar-refractivity contribution in [1.29, 1.82) is 5.41 Å². The van der Waals surface area contributed by atoms with Gasteiger partial charge in [-0.1, -0.05) is 12.1 Å². The monoisotopic (exact) mass is 430 g/mol. The predicted octanol–water partition coefficient (Wildman–Crippen LogP) is 3.34. The molecule has 2 heterocycles. The third-order valence-corrected chi connectivity index (χ3v) is 5.50. The SMILES string of the molecule is Cc1cc(C(=O)Nc2ccc(C(=O)N3CCCCC3)cc2)n(-c2cccc(C(=N)N)c2)n1. The molecule has 2 aromatic carbocycles. The van der Waals surface area contributed by atoms with E-state index in [1.165, 1.54) is 11.1 Å². The second-order valence-corrected chi connectivity index (χ2v) is 7.93. The van der Waals surface area contributed by atoms with E-state index in [9.17, 15) is 9.59 Å². The van der Waals surface area contributed by atoms with E-state index in [1.54, 1.807) is 54.6 Å². The minimum Gasteiger partial charge on any atom is -0.384 e. The lowest BCUT2D eigenvalue weighted by Gasteiger charge is -2.26. The van der Waals surface area contributed by atoms with Gasteiger partial charge >= 0.3 is 0 Å². The molecule has 0 bridgehead atoms. The fourth-order valence-corrected chi connectivity index (χ4v) is 3.83. The Labute approximate surface area is 186 Å². The van der Waals surface area contributed by atoms with Crippen LogP contribution in [-0.2, 0) is 0 Å². The van der Waals surface area contributed by atoms with E-state index in [0.29, 0.717) is 33.9 Å². The predicted molar refractivity (Wildman–Crippen MR) is 123 cm³/mol. The number of rotatable bonds is 5. The lowest BCUT2D eigenvalue weighted by atomic mass is 10.1. The third kappa shape index (κ3) is 4.54. The molecule has 4 rings (SSSR count). The van der Waals surface area contributed by atoms with Gasteiger partial charge in [-0.15, -0.1) is 0 Å². The smallest absolute Gasteiger partial charge is 0.274 e. The summed E-state index contributed by atoms with van der Waals surface area (Å²) in [6.07, 6.45) is 3.26.